The molecule has 0 spiro atoms. The van der Waals surface area contributed by atoms with Crippen molar-refractivity contribution in [2.24, 2.45) is 5.92 Å². The lowest BCUT2D eigenvalue weighted by molar-refractivity contribution is -0.134. The van der Waals surface area contributed by atoms with Crippen molar-refractivity contribution in [1.29, 1.82) is 0 Å². The van der Waals surface area contributed by atoms with Gasteiger partial charge in [-0.15, -0.1) is 0 Å². The summed E-state index contributed by atoms with van der Waals surface area (Å²) in [5.41, 5.74) is 0.698. The van der Waals surface area contributed by atoms with Gasteiger partial charge in [0.2, 0.25) is 11.8 Å². The van der Waals surface area contributed by atoms with Gasteiger partial charge in [-0.3, -0.25) is 19.2 Å². The third-order valence-electron chi connectivity index (χ3n) is 3.66. The van der Waals surface area contributed by atoms with Crippen LogP contribution in [0, 0.1) is 5.92 Å². The molecule has 1 aliphatic heterocycles. The topological polar surface area (TPSA) is 67.2 Å². The highest BCUT2D eigenvalue weighted by Gasteiger charge is 2.42. The summed E-state index contributed by atoms with van der Waals surface area (Å²) in [7, 11) is 0. The Hall–Kier alpha value is -1.85. The zero-order valence-corrected chi connectivity index (χ0v) is 12.5. The van der Waals surface area contributed by atoms with Gasteiger partial charge >= 0.3 is 0 Å². The molecule has 6 nitrogen and oxygen atoms in total. The van der Waals surface area contributed by atoms with E-state index in [-0.39, 0.29) is 17.7 Å². The number of nitrogens with one attached hydrogen (secondary N) is 1. The fraction of sp³-hybridized carbons (Fsp3) is 0.643. The number of carbonyl (C=O) groups excluding carboxylic acids is 2. The predicted octanol–water partition coefficient (Wildman–Crippen LogP) is 1.17. The molecule has 2 unspecified atom stereocenters. The summed E-state index contributed by atoms with van der Waals surface area (Å²) >= 11 is 0. The molecule has 2 amide bonds. The second-order valence-corrected chi connectivity index (χ2v) is 5.42. The molecule has 0 bridgehead atoms. The van der Waals surface area contributed by atoms with E-state index in [4.69, 9.17) is 0 Å². The molecule has 1 aromatic heterocycles. The van der Waals surface area contributed by atoms with E-state index in [0.29, 0.717) is 12.1 Å². The number of amides is 2. The van der Waals surface area contributed by atoms with Gasteiger partial charge in [-0.05, 0) is 19.3 Å². The van der Waals surface area contributed by atoms with Crippen LogP contribution in [0.25, 0.3) is 0 Å². The SMILES string of the molecule is CCC1NC(=O)C(C(C)C)N(c2cnn(CC)c2)C1=O. The van der Waals surface area contributed by atoms with Crippen LogP contribution >= 0.6 is 0 Å². The Kier molecular flexibility index (Phi) is 4.11. The first-order chi connectivity index (χ1) is 9.49. The maximum atomic E-state index is 12.6. The maximum Gasteiger partial charge on any atom is 0.250 e. The van der Waals surface area contributed by atoms with Crippen LogP contribution in [0.5, 0.6) is 0 Å². The number of aromatic nitrogens is 2. The van der Waals surface area contributed by atoms with Crippen LogP contribution in [0.4, 0.5) is 5.69 Å². The van der Waals surface area contributed by atoms with Crippen molar-refractivity contribution < 1.29 is 9.59 Å². The second kappa shape index (κ2) is 5.64. The summed E-state index contributed by atoms with van der Waals surface area (Å²) in [6, 6.07) is -0.915. The van der Waals surface area contributed by atoms with E-state index in [9.17, 15) is 9.59 Å². The molecular weight excluding hydrogens is 256 g/mol. The Morgan fingerprint density at radius 1 is 1.35 bits per heavy atom. The number of rotatable bonds is 4. The van der Waals surface area contributed by atoms with Gasteiger partial charge in [0.05, 0.1) is 11.9 Å². The molecular formula is C14H22N4O2. The molecule has 1 N–H and O–H groups in total. The lowest BCUT2D eigenvalue weighted by atomic mass is 9.96. The fourth-order valence-electron chi connectivity index (χ4n) is 2.56. The summed E-state index contributed by atoms with van der Waals surface area (Å²) in [6.07, 6.45) is 4.06. The van der Waals surface area contributed by atoms with Crippen LogP contribution in [0.3, 0.4) is 0 Å². The summed E-state index contributed by atoms with van der Waals surface area (Å²) in [5, 5.41) is 7.02. The monoisotopic (exact) mass is 278 g/mol. The number of anilines is 1. The summed E-state index contributed by atoms with van der Waals surface area (Å²) < 4.78 is 1.76. The van der Waals surface area contributed by atoms with Gasteiger partial charge < -0.3 is 5.32 Å². The van der Waals surface area contributed by atoms with E-state index in [2.05, 4.69) is 10.4 Å². The summed E-state index contributed by atoms with van der Waals surface area (Å²) in [4.78, 5) is 26.5. The zero-order valence-electron chi connectivity index (χ0n) is 12.5. The maximum absolute atomic E-state index is 12.6. The minimum atomic E-state index is -0.472. The highest BCUT2D eigenvalue weighted by atomic mass is 16.2. The molecule has 0 aliphatic carbocycles. The molecule has 0 radical (unpaired) electrons. The van der Waals surface area contributed by atoms with E-state index in [1.807, 2.05) is 33.9 Å². The van der Waals surface area contributed by atoms with Crippen molar-refractivity contribution in [3.05, 3.63) is 12.4 Å². The average molecular weight is 278 g/mol. The molecule has 6 heteroatoms. The minimum Gasteiger partial charge on any atom is -0.342 e. The van der Waals surface area contributed by atoms with Gasteiger partial charge in [-0.25, -0.2) is 0 Å². The highest BCUT2D eigenvalue weighted by molar-refractivity contribution is 6.08. The predicted molar refractivity (Wildman–Crippen MR) is 76.2 cm³/mol. The number of hydrogen-bond donors (Lipinski definition) is 1. The first-order valence-electron chi connectivity index (χ1n) is 7.15. The van der Waals surface area contributed by atoms with Crippen LogP contribution in [0.1, 0.15) is 34.1 Å². The van der Waals surface area contributed by atoms with Crippen molar-refractivity contribution in [1.82, 2.24) is 15.1 Å². The first kappa shape index (κ1) is 14.6. The van der Waals surface area contributed by atoms with E-state index in [0.717, 1.165) is 6.54 Å². The number of hydrogen-bond acceptors (Lipinski definition) is 3. The quantitative estimate of drug-likeness (QED) is 0.899. The third-order valence-corrected chi connectivity index (χ3v) is 3.66. The van der Waals surface area contributed by atoms with Crippen molar-refractivity contribution in [2.45, 2.75) is 52.7 Å². The lowest BCUT2D eigenvalue weighted by Gasteiger charge is -2.39. The standard InChI is InChI=1S/C14H22N4O2/c1-5-11-14(20)18(10-7-15-17(6-2)8-10)12(9(3)4)13(19)16-11/h7-9,11-12H,5-6H2,1-4H3,(H,16,19). The number of piperazine rings is 1. The van der Waals surface area contributed by atoms with Crippen molar-refractivity contribution >= 4 is 17.5 Å². The smallest absolute Gasteiger partial charge is 0.250 e. The van der Waals surface area contributed by atoms with Gasteiger partial charge in [0.15, 0.2) is 0 Å². The Labute approximate surface area is 119 Å². The summed E-state index contributed by atoms with van der Waals surface area (Å²) in [6.45, 7) is 8.50. The fourth-order valence-corrected chi connectivity index (χ4v) is 2.56. The second-order valence-electron chi connectivity index (χ2n) is 5.42. The van der Waals surface area contributed by atoms with E-state index in [1.54, 1.807) is 15.8 Å². The van der Waals surface area contributed by atoms with Crippen molar-refractivity contribution in [2.75, 3.05) is 4.90 Å². The van der Waals surface area contributed by atoms with Crippen LogP contribution < -0.4 is 10.2 Å². The molecule has 1 fully saturated rings. The summed E-state index contributed by atoms with van der Waals surface area (Å²) in [5.74, 6) is -0.0983. The van der Waals surface area contributed by atoms with Crippen LogP contribution in [0.2, 0.25) is 0 Å². The first-order valence-corrected chi connectivity index (χ1v) is 7.15. The molecule has 0 aromatic carbocycles. The highest BCUT2D eigenvalue weighted by Crippen LogP contribution is 2.25. The lowest BCUT2D eigenvalue weighted by Crippen LogP contribution is -2.65. The molecule has 1 saturated heterocycles. The van der Waals surface area contributed by atoms with Gasteiger partial charge in [-0.2, -0.15) is 5.10 Å². The van der Waals surface area contributed by atoms with Crippen molar-refractivity contribution in [3.63, 3.8) is 0 Å². The molecule has 2 atom stereocenters. The van der Waals surface area contributed by atoms with E-state index >= 15 is 0 Å². The van der Waals surface area contributed by atoms with E-state index < -0.39 is 12.1 Å². The van der Waals surface area contributed by atoms with Crippen LogP contribution in [-0.4, -0.2) is 33.7 Å². The number of nitrogens with zero attached hydrogens (tertiary/aromatic N) is 3. The van der Waals surface area contributed by atoms with Gasteiger partial charge in [0, 0.05) is 12.7 Å². The Morgan fingerprint density at radius 3 is 2.55 bits per heavy atom. The molecule has 20 heavy (non-hydrogen) atoms. The zero-order chi connectivity index (χ0) is 14.9. The van der Waals surface area contributed by atoms with Crippen LogP contribution in [-0.2, 0) is 16.1 Å². The third kappa shape index (κ3) is 2.42. The van der Waals surface area contributed by atoms with Gasteiger partial charge in [0.25, 0.3) is 0 Å². The molecule has 0 saturated carbocycles. The van der Waals surface area contributed by atoms with Crippen LogP contribution in [0.15, 0.2) is 12.4 Å². The number of aryl methyl sites for hydroxylation is 1. The Bertz CT molecular complexity index is 509. The van der Waals surface area contributed by atoms with E-state index in [1.165, 1.54) is 0 Å². The Balaban J connectivity index is 2.41. The molecule has 110 valence electrons. The minimum absolute atomic E-state index is 0.0433. The van der Waals surface area contributed by atoms with Gasteiger partial charge in [0.1, 0.15) is 12.1 Å². The molecule has 1 aromatic rings. The normalized spacial score (nSPS) is 23.4. The Morgan fingerprint density at radius 2 is 2.05 bits per heavy atom. The average Bonchev–Trinajstić information content (AvgIpc) is 2.88. The molecule has 1 aliphatic rings. The van der Waals surface area contributed by atoms with Gasteiger partial charge in [-0.1, -0.05) is 20.8 Å². The van der Waals surface area contributed by atoms with Crippen molar-refractivity contribution in [3.8, 4) is 0 Å². The number of carbonyl (C=O) groups is 2. The molecule has 2 rings (SSSR count). The largest absolute Gasteiger partial charge is 0.342 e. The molecule has 2 heterocycles.